The minimum atomic E-state index is -9.64. The molecule has 0 aliphatic rings. The van der Waals surface area contributed by atoms with Gasteiger partial charge < -0.3 is 0 Å². The molecule has 24 heteroatoms. The molecule has 0 aliphatic carbocycles. The van der Waals surface area contributed by atoms with Crippen molar-refractivity contribution in [2.45, 2.75) is 71.8 Å². The summed E-state index contributed by atoms with van der Waals surface area (Å²) < 4.78 is 302. The van der Waals surface area contributed by atoms with E-state index in [1.807, 2.05) is 0 Å². The van der Waals surface area contributed by atoms with Gasteiger partial charge in [0.1, 0.15) is 0 Å². The highest BCUT2D eigenvalue weighted by molar-refractivity contribution is 14.1. The maximum Gasteiger partial charge on any atom is 0.460 e. The van der Waals surface area contributed by atoms with Crippen molar-refractivity contribution in [2.75, 3.05) is 4.43 Å². The second-order valence-corrected chi connectivity index (χ2v) is 7.90. The van der Waals surface area contributed by atoms with Gasteiger partial charge in [0.25, 0.3) is 0 Å². The second kappa shape index (κ2) is 9.08. The first-order valence-electron chi connectivity index (χ1n) is 7.97. The van der Waals surface area contributed by atoms with E-state index in [0.29, 0.717) is 22.6 Å². The number of hydrogen-bond donors (Lipinski definition) is 0. The van der Waals surface area contributed by atoms with Gasteiger partial charge in [-0.15, -0.1) is 0 Å². The number of rotatable bonds is 10. The van der Waals surface area contributed by atoms with Gasteiger partial charge in [0.05, 0.1) is 0 Å². The lowest BCUT2D eigenvalue weighted by Gasteiger charge is -2.47. The van der Waals surface area contributed by atoms with Crippen LogP contribution in [-0.2, 0) is 0 Å². The largest absolute Gasteiger partial charge is 0.460 e. The Morgan fingerprint density at radius 1 is 0.324 bits per heavy atom. The normalized spacial score (nSPS) is 18.2. The Balaban J connectivity index is 7.57. The van der Waals surface area contributed by atoms with Crippen LogP contribution in [0.4, 0.5) is 101 Å². The minimum Gasteiger partial charge on any atom is -0.219 e. The van der Waals surface area contributed by atoms with Gasteiger partial charge >= 0.3 is 65.4 Å². The molecule has 0 bridgehead atoms. The summed E-state index contributed by atoms with van der Waals surface area (Å²) in [5.41, 5.74) is -9.60. The average molecular weight is 724 g/mol. The summed E-state index contributed by atoms with van der Waals surface area (Å²) in [6, 6.07) is 0. The number of halogens is 24. The summed E-state index contributed by atoms with van der Waals surface area (Å²) in [6.07, 6.45) is -19.9. The van der Waals surface area contributed by atoms with Crippen LogP contribution in [0.3, 0.4) is 0 Å². The van der Waals surface area contributed by atoms with Crippen molar-refractivity contribution in [1.29, 1.82) is 0 Å². The Morgan fingerprint density at radius 2 is 0.595 bits per heavy atom. The smallest absolute Gasteiger partial charge is 0.219 e. The summed E-state index contributed by atoms with van der Waals surface area (Å²) in [4.78, 5) is 0. The van der Waals surface area contributed by atoms with Crippen LogP contribution in [0.25, 0.3) is 0 Å². The Labute approximate surface area is 200 Å². The van der Waals surface area contributed by atoms with Gasteiger partial charge in [0.2, 0.25) is 0 Å². The Kier molecular flexibility index (Phi) is 8.86. The molecule has 0 heterocycles. The SMILES string of the molecule is FC(F)(F)C(F)(F)C(F)(F)C(F)(C(F)(F)F)C(F)(F)C(F)(F)C(F)(F)C(F)(F)C(F)(F)C(F)(F)CCI. The van der Waals surface area contributed by atoms with Crippen molar-refractivity contribution in [2.24, 2.45) is 0 Å². The molecule has 0 aromatic carbocycles. The molecule has 0 nitrogen and oxygen atoms in total. The zero-order valence-electron chi connectivity index (χ0n) is 16.0. The predicted octanol–water partition coefficient (Wildman–Crippen LogP) is 8.73. The molecule has 0 aromatic heterocycles. The van der Waals surface area contributed by atoms with E-state index in [2.05, 4.69) is 0 Å². The third-order valence-electron chi connectivity index (χ3n) is 4.45. The lowest BCUT2D eigenvalue weighted by molar-refractivity contribution is -0.484. The van der Waals surface area contributed by atoms with E-state index in [4.69, 9.17) is 0 Å². The lowest BCUT2D eigenvalue weighted by Crippen LogP contribution is -2.81. The van der Waals surface area contributed by atoms with Crippen LogP contribution < -0.4 is 0 Å². The molecule has 224 valence electrons. The molecule has 1 unspecified atom stereocenters. The van der Waals surface area contributed by atoms with E-state index >= 15 is 0 Å². The molecule has 0 aromatic rings. The maximum absolute atomic E-state index is 13.9. The van der Waals surface area contributed by atoms with Crippen LogP contribution in [0, 0.1) is 0 Å². The zero-order chi connectivity index (χ0) is 30.9. The Bertz CT molecular complexity index is 817. The highest BCUT2D eigenvalue weighted by Gasteiger charge is 3.01. The first-order valence-corrected chi connectivity index (χ1v) is 9.49. The van der Waals surface area contributed by atoms with Gasteiger partial charge in [-0.2, -0.15) is 96.6 Å². The summed E-state index contributed by atoms with van der Waals surface area (Å²) in [6.45, 7) is 0. The molecule has 0 spiro atoms. The number of hydrogen-bond acceptors (Lipinski definition) is 0. The molecule has 0 fully saturated rings. The molecule has 0 saturated heterocycles. The fourth-order valence-electron chi connectivity index (χ4n) is 2.26. The quantitative estimate of drug-likeness (QED) is 0.120. The van der Waals surface area contributed by atoms with Crippen LogP contribution in [0.2, 0.25) is 0 Å². The minimum absolute atomic E-state index is 0.638. The molecule has 37 heavy (non-hydrogen) atoms. The third kappa shape index (κ3) is 4.44. The van der Waals surface area contributed by atoms with Crippen LogP contribution >= 0.6 is 22.6 Å². The first kappa shape index (κ1) is 36.1. The first-order chi connectivity index (χ1) is 15.6. The molecular weight excluding hydrogens is 720 g/mol. The van der Waals surface area contributed by atoms with E-state index in [9.17, 15) is 101 Å². The van der Waals surface area contributed by atoms with E-state index in [-0.39, 0.29) is 0 Å². The van der Waals surface area contributed by atoms with Gasteiger partial charge in [-0.3, -0.25) is 0 Å². The van der Waals surface area contributed by atoms with Gasteiger partial charge in [0.15, 0.2) is 0 Å². The maximum atomic E-state index is 13.9. The van der Waals surface area contributed by atoms with Crippen LogP contribution in [0.15, 0.2) is 0 Å². The van der Waals surface area contributed by atoms with E-state index in [0.717, 1.165) is 0 Å². The van der Waals surface area contributed by atoms with Crippen molar-refractivity contribution >= 4 is 22.6 Å². The highest BCUT2D eigenvalue weighted by atomic mass is 127. The monoisotopic (exact) mass is 724 g/mol. The van der Waals surface area contributed by atoms with Crippen LogP contribution in [0.1, 0.15) is 6.42 Å². The summed E-state index contributed by atoms with van der Waals surface area (Å²) in [5, 5.41) is 0. The van der Waals surface area contributed by atoms with Gasteiger partial charge in [-0.1, -0.05) is 22.6 Å². The highest BCUT2D eigenvalue weighted by Crippen LogP contribution is 2.68. The topological polar surface area (TPSA) is 0 Å². The fraction of sp³-hybridized carbons (Fsp3) is 1.00. The van der Waals surface area contributed by atoms with Crippen molar-refractivity contribution in [3.05, 3.63) is 0 Å². The van der Waals surface area contributed by atoms with Crippen molar-refractivity contribution in [1.82, 2.24) is 0 Å². The van der Waals surface area contributed by atoms with Gasteiger partial charge in [-0.25, -0.2) is 4.39 Å². The Hall–Kier alpha value is -0.880. The van der Waals surface area contributed by atoms with Crippen molar-refractivity contribution < 1.29 is 101 Å². The third-order valence-corrected chi connectivity index (χ3v) is 4.99. The molecular formula is C13H4F23I. The van der Waals surface area contributed by atoms with Crippen molar-refractivity contribution in [3.8, 4) is 0 Å². The lowest BCUT2D eigenvalue weighted by atomic mass is 9.78. The molecule has 0 saturated carbocycles. The second-order valence-electron chi connectivity index (χ2n) is 6.82. The van der Waals surface area contributed by atoms with E-state index < -0.39 is 76.2 Å². The van der Waals surface area contributed by atoms with Gasteiger partial charge in [-0.05, 0) is 0 Å². The summed E-state index contributed by atoms with van der Waals surface area (Å²) in [7, 11) is 0. The summed E-state index contributed by atoms with van der Waals surface area (Å²) >= 11 is 0.638. The zero-order valence-corrected chi connectivity index (χ0v) is 18.1. The van der Waals surface area contributed by atoms with Crippen LogP contribution in [0.5, 0.6) is 0 Å². The molecule has 0 aliphatic heterocycles. The molecule has 0 rings (SSSR count). The van der Waals surface area contributed by atoms with E-state index in [1.165, 1.54) is 0 Å². The molecule has 0 N–H and O–H groups in total. The molecule has 0 radical (unpaired) electrons. The van der Waals surface area contributed by atoms with Gasteiger partial charge in [0, 0.05) is 10.8 Å². The average Bonchev–Trinajstić information content (AvgIpc) is 2.64. The standard InChI is InChI=1S/C13H4F23I/c14-3(15,1-2-37)5(17,18)8(23,24)10(27,28)9(25,26)6(19,20)4(16,12(31,32)33)7(21,22)11(29,30)13(34,35)36/h1-2H2. The van der Waals surface area contributed by atoms with Crippen molar-refractivity contribution in [3.63, 3.8) is 0 Å². The molecule has 1 atom stereocenters. The number of alkyl halides is 24. The molecule has 0 amide bonds. The fourth-order valence-corrected chi connectivity index (χ4v) is 2.94. The summed E-state index contributed by atoms with van der Waals surface area (Å²) in [5.74, 6) is -69.8. The Morgan fingerprint density at radius 3 is 0.865 bits per heavy atom. The van der Waals surface area contributed by atoms with Crippen LogP contribution in [-0.4, -0.2) is 69.8 Å². The predicted molar refractivity (Wildman–Crippen MR) is 79.0 cm³/mol. The van der Waals surface area contributed by atoms with E-state index in [1.54, 1.807) is 0 Å².